The second-order valence-corrected chi connectivity index (χ2v) is 8.36. The van der Waals surface area contributed by atoms with Crippen LogP contribution in [0, 0.1) is 12.8 Å². The van der Waals surface area contributed by atoms with Crippen LogP contribution in [0.2, 0.25) is 10.6 Å². The highest BCUT2D eigenvalue weighted by molar-refractivity contribution is 6.58. The minimum atomic E-state index is -0.581. The zero-order valence-corrected chi connectivity index (χ0v) is 13.6. The van der Waals surface area contributed by atoms with Gasteiger partial charge in [0.25, 0.3) is 14.1 Å². The lowest BCUT2D eigenvalue weighted by atomic mass is 10.2. The summed E-state index contributed by atoms with van der Waals surface area (Å²) >= 11 is -0.581. The summed E-state index contributed by atoms with van der Waals surface area (Å²) < 4.78 is 0. The highest BCUT2D eigenvalue weighted by Crippen LogP contribution is 2.13. The molecule has 2 heteroatoms. The van der Waals surface area contributed by atoms with Gasteiger partial charge in [0.1, 0.15) is 0 Å². The topological polar surface area (TPSA) is 12.9 Å². The first kappa shape index (κ1) is 16.7. The summed E-state index contributed by atoms with van der Waals surface area (Å²) in [6, 6.07) is 4.32. The van der Waals surface area contributed by atoms with E-state index in [9.17, 15) is 0 Å². The van der Waals surface area contributed by atoms with E-state index < -0.39 is 14.1 Å². The number of pyridine rings is 1. The molecule has 1 aromatic heterocycles. The molecule has 0 N–H and O–H groups in total. The van der Waals surface area contributed by atoms with Gasteiger partial charge in [0.2, 0.25) is 0 Å². The summed E-state index contributed by atoms with van der Waals surface area (Å²) in [6.45, 7) is 13.2. The maximum absolute atomic E-state index is 4.47. The van der Waals surface area contributed by atoms with Crippen LogP contribution in [0.1, 0.15) is 45.9 Å². The fourth-order valence-electron chi connectivity index (χ4n) is 2.07. The number of aryl methyl sites for hydroxylation is 1. The van der Waals surface area contributed by atoms with Gasteiger partial charge >= 0.3 is 0 Å². The van der Waals surface area contributed by atoms with Crippen molar-refractivity contribution in [2.75, 3.05) is 0 Å². The lowest BCUT2D eigenvalue weighted by molar-refractivity contribution is 0.721. The maximum atomic E-state index is 4.47. The predicted octanol–water partition coefficient (Wildman–Crippen LogP) is 4.67. The van der Waals surface area contributed by atoms with E-state index in [0.29, 0.717) is 0 Å². The van der Waals surface area contributed by atoms with Gasteiger partial charge in [-0.05, 0) is 24.6 Å². The standard InChI is InChI=1S/C7H8N.C4H9.C2H6.C2H5.Al/c1-6-3-4-8-7(2)5-6;1-4(2)3;2*1-2;/h3-5H,2H2,1H3;4H,1H2,2-3H3;1-2H3;1H2,2H3;. The SMILES string of the molecule is CC.C[CH2][Al]([CH2]c1cc(C)ccn1)[CH2]C(C)C. The molecule has 0 aromatic carbocycles. The molecule has 0 saturated carbocycles. The Balaban J connectivity index is 0.00000121. The summed E-state index contributed by atoms with van der Waals surface area (Å²) in [5.41, 5.74) is 2.66. The molecular weight excluding hydrogens is 221 g/mol. The molecule has 0 amide bonds. The van der Waals surface area contributed by atoms with Gasteiger partial charge in [-0.15, -0.1) is 0 Å². The first-order valence-electron chi connectivity index (χ1n) is 7.03. The van der Waals surface area contributed by atoms with Crippen molar-refractivity contribution >= 4 is 14.1 Å². The van der Waals surface area contributed by atoms with Crippen LogP contribution in [0.3, 0.4) is 0 Å². The largest absolute Gasteiger partial charge is 0.269 e. The van der Waals surface area contributed by atoms with Crippen LogP contribution < -0.4 is 0 Å². The summed E-state index contributed by atoms with van der Waals surface area (Å²) in [5.74, 6) is 0.853. The molecule has 1 nitrogen and oxygen atoms in total. The van der Waals surface area contributed by atoms with Crippen LogP contribution in [0.4, 0.5) is 0 Å². The Labute approximate surface area is 112 Å². The van der Waals surface area contributed by atoms with Crippen molar-refractivity contribution in [1.29, 1.82) is 0 Å². The Bertz CT molecular complexity index is 297. The molecule has 96 valence electrons. The van der Waals surface area contributed by atoms with Gasteiger partial charge in [0, 0.05) is 11.9 Å². The van der Waals surface area contributed by atoms with Crippen LogP contribution in [-0.4, -0.2) is 19.1 Å². The Morgan fingerprint density at radius 3 is 2.41 bits per heavy atom. The van der Waals surface area contributed by atoms with Crippen molar-refractivity contribution in [3.63, 3.8) is 0 Å². The minimum Gasteiger partial charge on any atom is -0.263 e. The van der Waals surface area contributed by atoms with Gasteiger partial charge in [-0.1, -0.05) is 56.4 Å². The number of hydrogen-bond acceptors (Lipinski definition) is 1. The molecule has 0 aliphatic heterocycles. The average Bonchev–Trinajstić information content (AvgIpc) is 2.30. The second-order valence-electron chi connectivity index (χ2n) is 4.93. The third kappa shape index (κ3) is 7.58. The Morgan fingerprint density at radius 2 is 1.94 bits per heavy atom. The Morgan fingerprint density at radius 1 is 1.29 bits per heavy atom. The number of hydrogen-bond donors (Lipinski definition) is 0. The maximum Gasteiger partial charge on any atom is 0.269 e. The molecule has 0 spiro atoms. The lowest BCUT2D eigenvalue weighted by Gasteiger charge is -2.11. The molecule has 0 saturated heterocycles. The minimum absolute atomic E-state index is 0.581. The monoisotopic (exact) mass is 249 g/mol. The van der Waals surface area contributed by atoms with E-state index in [2.05, 4.69) is 44.8 Å². The average molecular weight is 249 g/mol. The lowest BCUT2D eigenvalue weighted by Crippen LogP contribution is -2.18. The van der Waals surface area contributed by atoms with Crippen LogP contribution >= 0.6 is 0 Å². The van der Waals surface area contributed by atoms with Crippen LogP contribution in [-0.2, 0) is 5.28 Å². The molecule has 0 atom stereocenters. The summed E-state index contributed by atoms with van der Waals surface area (Å²) in [7, 11) is 0. The van der Waals surface area contributed by atoms with Gasteiger partial charge in [0.15, 0.2) is 0 Å². The second kappa shape index (κ2) is 9.69. The van der Waals surface area contributed by atoms with Crippen LogP contribution in [0.5, 0.6) is 0 Å². The van der Waals surface area contributed by atoms with E-state index in [1.807, 2.05) is 20.0 Å². The number of nitrogens with zero attached hydrogens (tertiary/aromatic N) is 1. The van der Waals surface area contributed by atoms with Gasteiger partial charge < -0.3 is 0 Å². The molecule has 1 heterocycles. The molecule has 0 fully saturated rings. The molecule has 0 aliphatic rings. The third-order valence-corrected chi connectivity index (χ3v) is 6.61. The number of aromatic nitrogens is 1. The summed E-state index contributed by atoms with van der Waals surface area (Å²) in [5, 5.41) is 4.12. The molecule has 0 bridgehead atoms. The molecule has 0 radical (unpaired) electrons. The molecule has 0 aliphatic carbocycles. The zero-order valence-electron chi connectivity index (χ0n) is 12.5. The molecular formula is C15H28AlN. The quantitative estimate of drug-likeness (QED) is 0.691. The van der Waals surface area contributed by atoms with Gasteiger partial charge in [0.05, 0.1) is 0 Å². The van der Waals surface area contributed by atoms with Crippen molar-refractivity contribution in [3.05, 3.63) is 29.6 Å². The highest BCUT2D eigenvalue weighted by atomic mass is 27.2. The molecule has 0 unspecified atom stereocenters. The van der Waals surface area contributed by atoms with Crippen molar-refractivity contribution < 1.29 is 0 Å². The third-order valence-electron chi connectivity index (χ3n) is 2.85. The first-order valence-corrected chi connectivity index (χ1v) is 9.48. The summed E-state index contributed by atoms with van der Waals surface area (Å²) in [6.07, 6.45) is 1.95. The fourth-order valence-corrected chi connectivity index (χ4v) is 5.00. The van der Waals surface area contributed by atoms with E-state index >= 15 is 0 Å². The van der Waals surface area contributed by atoms with Gasteiger partial charge in [-0.2, -0.15) is 0 Å². The van der Waals surface area contributed by atoms with E-state index in [0.717, 1.165) is 5.92 Å². The molecule has 1 aromatic rings. The van der Waals surface area contributed by atoms with E-state index in [-0.39, 0.29) is 0 Å². The normalized spacial score (nSPS) is 9.82. The van der Waals surface area contributed by atoms with Crippen molar-refractivity contribution in [3.8, 4) is 0 Å². The first-order chi connectivity index (χ1) is 8.11. The van der Waals surface area contributed by atoms with E-state index in [4.69, 9.17) is 0 Å². The van der Waals surface area contributed by atoms with Crippen LogP contribution in [0.25, 0.3) is 0 Å². The van der Waals surface area contributed by atoms with Crippen molar-refractivity contribution in [2.24, 2.45) is 5.92 Å². The van der Waals surface area contributed by atoms with Crippen molar-refractivity contribution in [2.45, 2.75) is 57.4 Å². The Kier molecular flexibility index (Phi) is 9.51. The molecule has 17 heavy (non-hydrogen) atoms. The molecule has 1 rings (SSSR count). The van der Waals surface area contributed by atoms with Crippen LogP contribution in [0.15, 0.2) is 18.3 Å². The predicted molar refractivity (Wildman–Crippen MR) is 79.9 cm³/mol. The van der Waals surface area contributed by atoms with Gasteiger partial charge in [-0.3, -0.25) is 4.98 Å². The summed E-state index contributed by atoms with van der Waals surface area (Å²) in [4.78, 5) is 4.47. The Hall–Kier alpha value is -0.318. The van der Waals surface area contributed by atoms with E-state index in [1.54, 1.807) is 0 Å². The van der Waals surface area contributed by atoms with Gasteiger partial charge in [-0.25, -0.2) is 0 Å². The fraction of sp³-hybridized carbons (Fsp3) is 0.667. The smallest absolute Gasteiger partial charge is 0.263 e. The van der Waals surface area contributed by atoms with Crippen molar-refractivity contribution in [1.82, 2.24) is 4.98 Å². The van der Waals surface area contributed by atoms with E-state index in [1.165, 1.54) is 27.1 Å². The zero-order chi connectivity index (χ0) is 13.3. The highest BCUT2D eigenvalue weighted by Gasteiger charge is 2.17. The number of rotatable bonds is 5.